The lowest BCUT2D eigenvalue weighted by atomic mass is 9.81. The molecule has 0 aliphatic heterocycles. The first-order valence-corrected chi connectivity index (χ1v) is 9.02. The van der Waals surface area contributed by atoms with Crippen molar-refractivity contribution in [3.63, 3.8) is 0 Å². The van der Waals surface area contributed by atoms with Gasteiger partial charge in [0.1, 0.15) is 5.78 Å². The minimum absolute atomic E-state index is 0.190. The summed E-state index contributed by atoms with van der Waals surface area (Å²) >= 11 is 0. The van der Waals surface area contributed by atoms with Crippen molar-refractivity contribution in [2.45, 2.75) is 90.0 Å². The summed E-state index contributed by atoms with van der Waals surface area (Å²) in [5.41, 5.74) is 6.24. The number of rotatable bonds is 10. The Kier molecular flexibility index (Phi) is 6.54. The molecule has 0 spiro atoms. The van der Waals surface area contributed by atoms with E-state index in [1.807, 2.05) is 0 Å². The molecule has 2 nitrogen and oxygen atoms in total. The molecule has 0 aromatic rings. The van der Waals surface area contributed by atoms with Gasteiger partial charge >= 0.3 is 0 Å². The maximum Gasteiger partial charge on any atom is 0.137 e. The lowest BCUT2D eigenvalue weighted by Gasteiger charge is -2.26. The second-order valence-electron chi connectivity index (χ2n) is 7.13. The molecule has 4 atom stereocenters. The van der Waals surface area contributed by atoms with Crippen LogP contribution in [0, 0.1) is 17.8 Å². The van der Waals surface area contributed by atoms with Crippen LogP contribution in [-0.2, 0) is 4.79 Å². The number of hydrogen-bond donors (Lipinski definition) is 1. The second kappa shape index (κ2) is 8.17. The van der Waals surface area contributed by atoms with E-state index in [1.54, 1.807) is 0 Å². The minimum atomic E-state index is 0.190. The van der Waals surface area contributed by atoms with Crippen LogP contribution < -0.4 is 5.73 Å². The highest BCUT2D eigenvalue weighted by Crippen LogP contribution is 2.48. The summed E-state index contributed by atoms with van der Waals surface area (Å²) in [6, 6.07) is 0.190. The first-order valence-electron chi connectivity index (χ1n) is 9.02. The van der Waals surface area contributed by atoms with Crippen molar-refractivity contribution >= 4 is 5.78 Å². The molecule has 0 saturated heterocycles. The maximum absolute atomic E-state index is 12.3. The van der Waals surface area contributed by atoms with E-state index in [0.717, 1.165) is 12.8 Å². The Balaban J connectivity index is 1.53. The Labute approximate surface area is 124 Å². The van der Waals surface area contributed by atoms with E-state index in [9.17, 15) is 4.79 Å². The van der Waals surface area contributed by atoms with Gasteiger partial charge in [0.15, 0.2) is 0 Å². The summed E-state index contributed by atoms with van der Waals surface area (Å²) in [6.07, 6.45) is 15.0. The molecular weight excluding hydrogens is 246 g/mol. The summed E-state index contributed by atoms with van der Waals surface area (Å²) in [5.74, 6) is 2.00. The molecule has 2 N–H and O–H groups in total. The van der Waals surface area contributed by atoms with Gasteiger partial charge in [-0.1, -0.05) is 51.9 Å². The van der Waals surface area contributed by atoms with E-state index in [2.05, 4.69) is 6.92 Å². The average molecular weight is 279 g/mol. The van der Waals surface area contributed by atoms with Gasteiger partial charge in [0, 0.05) is 18.4 Å². The van der Waals surface area contributed by atoms with Crippen LogP contribution >= 0.6 is 0 Å². The number of Topliss-reactive ketones (excluding diaryl/α,β-unsaturated/α-hetero) is 1. The third-order valence-corrected chi connectivity index (χ3v) is 5.63. The molecule has 2 saturated carbocycles. The standard InChI is InChI=1S/C18H33NO/c1-2-3-4-5-6-7-8-9-10-16(20)17-14-11-12-15(13-14)18(17)19/h14-15,17-18H,2-13,19H2,1H3. The van der Waals surface area contributed by atoms with Crippen molar-refractivity contribution < 1.29 is 4.79 Å². The molecule has 116 valence electrons. The third-order valence-electron chi connectivity index (χ3n) is 5.63. The van der Waals surface area contributed by atoms with Gasteiger partial charge < -0.3 is 5.73 Å². The van der Waals surface area contributed by atoms with Gasteiger partial charge in [0.05, 0.1) is 0 Å². The van der Waals surface area contributed by atoms with Crippen LogP contribution in [0.15, 0.2) is 0 Å². The highest BCUT2D eigenvalue weighted by atomic mass is 16.1. The summed E-state index contributed by atoms with van der Waals surface area (Å²) in [4.78, 5) is 12.3. The van der Waals surface area contributed by atoms with Crippen molar-refractivity contribution in [3.8, 4) is 0 Å². The molecule has 0 heterocycles. The number of carbonyl (C=O) groups is 1. The first-order chi connectivity index (χ1) is 9.74. The van der Waals surface area contributed by atoms with Crippen molar-refractivity contribution in [2.24, 2.45) is 23.5 Å². The Morgan fingerprint density at radius 1 is 0.950 bits per heavy atom. The molecule has 4 unspecified atom stereocenters. The van der Waals surface area contributed by atoms with Gasteiger partial charge in [0.2, 0.25) is 0 Å². The highest BCUT2D eigenvalue weighted by molar-refractivity contribution is 5.82. The van der Waals surface area contributed by atoms with Gasteiger partial charge in [-0.2, -0.15) is 0 Å². The molecule has 0 aromatic carbocycles. The third kappa shape index (κ3) is 4.07. The van der Waals surface area contributed by atoms with Crippen LogP contribution in [0.2, 0.25) is 0 Å². The molecule has 2 heteroatoms. The van der Waals surface area contributed by atoms with Crippen LogP contribution in [0.25, 0.3) is 0 Å². The van der Waals surface area contributed by atoms with Gasteiger partial charge in [-0.05, 0) is 37.5 Å². The smallest absolute Gasteiger partial charge is 0.137 e. The molecule has 0 aromatic heterocycles. The Bertz CT molecular complexity index is 300. The molecule has 2 aliphatic rings. The van der Waals surface area contributed by atoms with E-state index in [-0.39, 0.29) is 12.0 Å². The fraction of sp³-hybridized carbons (Fsp3) is 0.944. The predicted octanol–water partition coefficient (Wildman–Crippen LogP) is 4.46. The van der Waals surface area contributed by atoms with Gasteiger partial charge in [-0.15, -0.1) is 0 Å². The molecule has 2 fully saturated rings. The fourth-order valence-corrected chi connectivity index (χ4v) is 4.41. The van der Waals surface area contributed by atoms with Crippen LogP contribution in [0.4, 0.5) is 0 Å². The minimum Gasteiger partial charge on any atom is -0.327 e. The predicted molar refractivity (Wildman–Crippen MR) is 84.5 cm³/mol. The highest BCUT2D eigenvalue weighted by Gasteiger charge is 2.48. The first kappa shape index (κ1) is 16.0. The summed E-state index contributed by atoms with van der Waals surface area (Å²) in [7, 11) is 0. The maximum atomic E-state index is 12.3. The zero-order chi connectivity index (χ0) is 14.4. The van der Waals surface area contributed by atoms with Crippen LogP contribution in [0.1, 0.15) is 84.0 Å². The fourth-order valence-electron chi connectivity index (χ4n) is 4.41. The van der Waals surface area contributed by atoms with E-state index in [1.165, 1.54) is 64.2 Å². The topological polar surface area (TPSA) is 43.1 Å². The molecule has 20 heavy (non-hydrogen) atoms. The lowest BCUT2D eigenvalue weighted by Crippen LogP contribution is -2.40. The van der Waals surface area contributed by atoms with E-state index < -0.39 is 0 Å². The number of nitrogens with two attached hydrogens (primary N) is 1. The van der Waals surface area contributed by atoms with Crippen molar-refractivity contribution in [2.75, 3.05) is 0 Å². The van der Waals surface area contributed by atoms with Crippen LogP contribution in [-0.4, -0.2) is 11.8 Å². The Morgan fingerprint density at radius 3 is 2.15 bits per heavy atom. The number of carbonyl (C=O) groups excluding carboxylic acids is 1. The van der Waals surface area contributed by atoms with Crippen molar-refractivity contribution in [3.05, 3.63) is 0 Å². The van der Waals surface area contributed by atoms with Crippen molar-refractivity contribution in [1.29, 1.82) is 0 Å². The number of hydrogen-bond acceptors (Lipinski definition) is 2. The molecular formula is C18H33NO. The Morgan fingerprint density at radius 2 is 1.55 bits per heavy atom. The van der Waals surface area contributed by atoms with E-state index in [0.29, 0.717) is 17.6 Å². The van der Waals surface area contributed by atoms with E-state index >= 15 is 0 Å². The Hall–Kier alpha value is -0.370. The zero-order valence-corrected chi connectivity index (χ0v) is 13.3. The quantitative estimate of drug-likeness (QED) is 0.600. The van der Waals surface area contributed by atoms with E-state index in [4.69, 9.17) is 5.73 Å². The molecule has 0 amide bonds. The van der Waals surface area contributed by atoms with Gasteiger partial charge in [-0.25, -0.2) is 0 Å². The average Bonchev–Trinajstić information content (AvgIpc) is 3.02. The molecule has 0 radical (unpaired) electrons. The zero-order valence-electron chi connectivity index (χ0n) is 13.3. The van der Waals surface area contributed by atoms with Crippen LogP contribution in [0.5, 0.6) is 0 Å². The van der Waals surface area contributed by atoms with Crippen LogP contribution in [0.3, 0.4) is 0 Å². The monoisotopic (exact) mass is 279 g/mol. The van der Waals surface area contributed by atoms with Crippen molar-refractivity contribution in [1.82, 2.24) is 0 Å². The molecule has 2 aliphatic carbocycles. The summed E-state index contributed by atoms with van der Waals surface area (Å²) < 4.78 is 0. The molecule has 2 bridgehead atoms. The number of fused-ring (bicyclic) bond motifs is 2. The number of unbranched alkanes of at least 4 members (excludes halogenated alkanes) is 7. The summed E-state index contributed by atoms with van der Waals surface area (Å²) in [5, 5.41) is 0. The second-order valence-corrected chi connectivity index (χ2v) is 7.13. The molecule has 2 rings (SSSR count). The number of ketones is 1. The SMILES string of the molecule is CCCCCCCCCCC(=O)C1C2CCC(C2)C1N. The lowest BCUT2D eigenvalue weighted by molar-refractivity contribution is -0.125. The van der Waals surface area contributed by atoms with Gasteiger partial charge in [-0.3, -0.25) is 4.79 Å². The van der Waals surface area contributed by atoms with Gasteiger partial charge in [0.25, 0.3) is 0 Å². The largest absolute Gasteiger partial charge is 0.327 e. The summed E-state index contributed by atoms with van der Waals surface area (Å²) in [6.45, 7) is 2.26. The normalized spacial score (nSPS) is 31.9.